The fourth-order valence-electron chi connectivity index (χ4n) is 3.08. The summed E-state index contributed by atoms with van der Waals surface area (Å²) >= 11 is 0. The van der Waals surface area contributed by atoms with Crippen LogP contribution in [0.3, 0.4) is 0 Å². The van der Waals surface area contributed by atoms with E-state index < -0.39 is 0 Å². The lowest BCUT2D eigenvalue weighted by molar-refractivity contribution is -0.120. The third kappa shape index (κ3) is 3.48. The van der Waals surface area contributed by atoms with Gasteiger partial charge >= 0.3 is 0 Å². The van der Waals surface area contributed by atoms with Crippen molar-refractivity contribution in [2.75, 3.05) is 5.32 Å². The van der Waals surface area contributed by atoms with E-state index in [2.05, 4.69) is 10.6 Å². The van der Waals surface area contributed by atoms with Crippen LogP contribution >= 0.6 is 0 Å². The van der Waals surface area contributed by atoms with Gasteiger partial charge in [0.05, 0.1) is 12.0 Å². The van der Waals surface area contributed by atoms with Crippen LogP contribution in [0.2, 0.25) is 0 Å². The summed E-state index contributed by atoms with van der Waals surface area (Å²) in [6.07, 6.45) is 0.521. The second-order valence-electron chi connectivity index (χ2n) is 5.92. The Hall–Kier alpha value is -2.46. The SMILES string of the molecule is CC(=O)[C@H]1C[C@@H](C(=O)Nc2ccccc2)[C@@H](c2ccccc2)N1. The number of Topliss-reactive ketones (excluding diaryl/α,β-unsaturated/α-hetero) is 1. The third-order valence-electron chi connectivity index (χ3n) is 4.30. The van der Waals surface area contributed by atoms with Crippen molar-refractivity contribution in [1.29, 1.82) is 0 Å². The number of benzene rings is 2. The van der Waals surface area contributed by atoms with Crippen LogP contribution in [0.1, 0.15) is 24.9 Å². The topological polar surface area (TPSA) is 58.2 Å². The Labute approximate surface area is 135 Å². The molecule has 1 aliphatic heterocycles. The number of amides is 1. The Morgan fingerprint density at radius 3 is 2.22 bits per heavy atom. The van der Waals surface area contributed by atoms with Crippen LogP contribution in [-0.2, 0) is 9.59 Å². The lowest BCUT2D eigenvalue weighted by Crippen LogP contribution is -2.31. The first-order chi connectivity index (χ1) is 11.1. The van der Waals surface area contributed by atoms with Crippen molar-refractivity contribution >= 4 is 17.4 Å². The molecule has 0 radical (unpaired) electrons. The highest BCUT2D eigenvalue weighted by Crippen LogP contribution is 2.34. The van der Waals surface area contributed by atoms with Crippen LogP contribution < -0.4 is 10.6 Å². The molecule has 4 heteroatoms. The van der Waals surface area contributed by atoms with Crippen LogP contribution in [0.15, 0.2) is 60.7 Å². The molecular formula is C19H20N2O2. The number of hydrogen-bond acceptors (Lipinski definition) is 3. The van der Waals surface area contributed by atoms with Gasteiger partial charge in [-0.1, -0.05) is 48.5 Å². The minimum atomic E-state index is -0.272. The minimum absolute atomic E-state index is 0.0543. The molecule has 118 valence electrons. The standard InChI is InChI=1S/C19H20N2O2/c1-13(22)17-12-16(18(21-17)14-8-4-2-5-9-14)19(23)20-15-10-6-3-7-11-15/h2-11,16-18,21H,12H2,1H3,(H,20,23)/t16-,17-,18-/m1/s1. The van der Waals surface area contributed by atoms with Crippen LogP contribution in [0, 0.1) is 5.92 Å². The largest absolute Gasteiger partial charge is 0.326 e. The molecule has 2 aromatic rings. The Balaban J connectivity index is 1.82. The zero-order chi connectivity index (χ0) is 16.2. The van der Waals surface area contributed by atoms with Crippen molar-refractivity contribution in [2.45, 2.75) is 25.4 Å². The van der Waals surface area contributed by atoms with Crippen molar-refractivity contribution in [1.82, 2.24) is 5.32 Å². The second-order valence-corrected chi connectivity index (χ2v) is 5.92. The number of hydrogen-bond donors (Lipinski definition) is 2. The number of para-hydroxylation sites is 1. The van der Waals surface area contributed by atoms with Crippen molar-refractivity contribution in [3.63, 3.8) is 0 Å². The van der Waals surface area contributed by atoms with Gasteiger partial charge in [0.2, 0.25) is 5.91 Å². The van der Waals surface area contributed by atoms with E-state index in [0.29, 0.717) is 6.42 Å². The van der Waals surface area contributed by atoms with Gasteiger partial charge < -0.3 is 5.32 Å². The Kier molecular flexibility index (Phi) is 4.53. The van der Waals surface area contributed by atoms with Gasteiger partial charge in [0.15, 0.2) is 0 Å². The zero-order valence-electron chi connectivity index (χ0n) is 13.0. The van der Waals surface area contributed by atoms with E-state index in [9.17, 15) is 9.59 Å². The van der Waals surface area contributed by atoms with Gasteiger partial charge in [-0.15, -0.1) is 0 Å². The maximum atomic E-state index is 12.7. The second kappa shape index (κ2) is 6.75. The molecule has 4 nitrogen and oxygen atoms in total. The lowest BCUT2D eigenvalue weighted by Gasteiger charge is -2.19. The van der Waals surface area contributed by atoms with Gasteiger partial charge in [0.25, 0.3) is 0 Å². The Morgan fingerprint density at radius 2 is 1.61 bits per heavy atom. The number of carbonyl (C=O) groups is 2. The van der Waals surface area contributed by atoms with Crippen LogP contribution in [0.25, 0.3) is 0 Å². The fraction of sp³-hybridized carbons (Fsp3) is 0.263. The molecule has 1 amide bonds. The number of carbonyl (C=O) groups excluding carboxylic acids is 2. The monoisotopic (exact) mass is 308 g/mol. The molecule has 2 aromatic carbocycles. The molecule has 0 aliphatic carbocycles. The Morgan fingerprint density at radius 1 is 1.00 bits per heavy atom. The third-order valence-corrected chi connectivity index (χ3v) is 4.30. The molecule has 0 bridgehead atoms. The molecule has 2 N–H and O–H groups in total. The summed E-state index contributed by atoms with van der Waals surface area (Å²) in [6, 6.07) is 18.8. The highest BCUT2D eigenvalue weighted by Gasteiger charge is 2.40. The molecule has 0 aromatic heterocycles. The first-order valence-corrected chi connectivity index (χ1v) is 7.82. The number of ketones is 1. The van der Waals surface area contributed by atoms with Gasteiger partial charge in [-0.25, -0.2) is 0 Å². The van der Waals surface area contributed by atoms with Crippen molar-refractivity contribution in [3.05, 3.63) is 66.2 Å². The molecule has 3 rings (SSSR count). The Bertz CT molecular complexity index is 685. The predicted molar refractivity (Wildman–Crippen MR) is 90.0 cm³/mol. The average Bonchev–Trinajstić information content (AvgIpc) is 3.02. The molecule has 0 saturated carbocycles. The maximum Gasteiger partial charge on any atom is 0.229 e. The van der Waals surface area contributed by atoms with E-state index >= 15 is 0 Å². The van der Waals surface area contributed by atoms with E-state index in [4.69, 9.17) is 0 Å². The summed E-state index contributed by atoms with van der Waals surface area (Å²) in [5, 5.41) is 6.27. The van der Waals surface area contributed by atoms with Gasteiger partial charge in [-0.3, -0.25) is 14.9 Å². The summed E-state index contributed by atoms with van der Waals surface area (Å²) in [7, 11) is 0. The highest BCUT2D eigenvalue weighted by molar-refractivity contribution is 5.94. The smallest absolute Gasteiger partial charge is 0.229 e. The molecule has 1 fully saturated rings. The lowest BCUT2D eigenvalue weighted by atomic mass is 9.92. The molecule has 23 heavy (non-hydrogen) atoms. The summed E-state index contributed by atoms with van der Waals surface area (Å²) in [4.78, 5) is 24.5. The molecule has 3 atom stereocenters. The number of anilines is 1. The first-order valence-electron chi connectivity index (χ1n) is 7.82. The van der Waals surface area contributed by atoms with E-state index in [0.717, 1.165) is 11.3 Å². The van der Waals surface area contributed by atoms with Crippen molar-refractivity contribution < 1.29 is 9.59 Å². The maximum absolute atomic E-state index is 12.7. The first kappa shape index (κ1) is 15.4. The molecular weight excluding hydrogens is 288 g/mol. The van der Waals surface area contributed by atoms with Gasteiger partial charge in [0.1, 0.15) is 5.78 Å². The van der Waals surface area contributed by atoms with Gasteiger partial charge in [-0.2, -0.15) is 0 Å². The minimum Gasteiger partial charge on any atom is -0.326 e. The van der Waals surface area contributed by atoms with E-state index in [1.165, 1.54) is 0 Å². The average molecular weight is 308 g/mol. The van der Waals surface area contributed by atoms with Crippen molar-refractivity contribution in [3.8, 4) is 0 Å². The van der Waals surface area contributed by atoms with E-state index in [-0.39, 0.29) is 29.7 Å². The summed E-state index contributed by atoms with van der Waals surface area (Å²) in [5.74, 6) is -0.256. The molecule has 1 saturated heterocycles. The summed E-state index contributed by atoms with van der Waals surface area (Å²) < 4.78 is 0. The molecule has 1 heterocycles. The number of rotatable bonds is 4. The number of nitrogens with one attached hydrogen (secondary N) is 2. The zero-order valence-corrected chi connectivity index (χ0v) is 13.0. The van der Waals surface area contributed by atoms with Crippen LogP contribution in [0.4, 0.5) is 5.69 Å². The summed E-state index contributed by atoms with van der Waals surface area (Å²) in [5.41, 5.74) is 1.81. The van der Waals surface area contributed by atoms with E-state index in [1.807, 2.05) is 60.7 Å². The normalized spacial score (nSPS) is 23.4. The quantitative estimate of drug-likeness (QED) is 0.913. The summed E-state index contributed by atoms with van der Waals surface area (Å²) in [6.45, 7) is 1.57. The molecule has 0 spiro atoms. The van der Waals surface area contributed by atoms with Crippen LogP contribution in [0.5, 0.6) is 0 Å². The predicted octanol–water partition coefficient (Wildman–Crippen LogP) is 2.93. The highest BCUT2D eigenvalue weighted by atomic mass is 16.2. The molecule has 1 aliphatic rings. The van der Waals surface area contributed by atoms with Gasteiger partial charge in [-0.05, 0) is 31.0 Å². The van der Waals surface area contributed by atoms with Crippen molar-refractivity contribution in [2.24, 2.45) is 5.92 Å². The fourth-order valence-corrected chi connectivity index (χ4v) is 3.08. The van der Waals surface area contributed by atoms with Gasteiger partial charge in [0, 0.05) is 11.7 Å². The molecule has 0 unspecified atom stereocenters. The van der Waals surface area contributed by atoms with Crippen LogP contribution in [-0.4, -0.2) is 17.7 Å². The van der Waals surface area contributed by atoms with E-state index in [1.54, 1.807) is 6.92 Å².